The first-order valence-corrected chi connectivity index (χ1v) is 8.89. The van der Waals surface area contributed by atoms with Crippen molar-refractivity contribution >= 4 is 23.1 Å². The molecule has 0 fully saturated rings. The Morgan fingerprint density at radius 3 is 2.56 bits per heavy atom. The second kappa shape index (κ2) is 8.36. The van der Waals surface area contributed by atoms with Crippen molar-refractivity contribution < 1.29 is 9.53 Å². The van der Waals surface area contributed by atoms with Gasteiger partial charge in [-0.3, -0.25) is 4.79 Å². The largest absolute Gasteiger partial charge is 0.494 e. The van der Waals surface area contributed by atoms with Crippen LogP contribution in [0.2, 0.25) is 0 Å². The number of hydrogen-bond acceptors (Lipinski definition) is 4. The highest BCUT2D eigenvalue weighted by Crippen LogP contribution is 2.22. The minimum atomic E-state index is -0.189. The van der Waals surface area contributed by atoms with Crippen molar-refractivity contribution in [3.63, 3.8) is 0 Å². The zero-order chi connectivity index (χ0) is 19.2. The quantitative estimate of drug-likeness (QED) is 0.642. The molecule has 0 aliphatic heterocycles. The standard InChI is InChI=1S/C22H23N3O2/c1-4-27-19-9-7-18(8-10-19)24-22(26)17-11-12-23-21(14-17)25-20-13-15(2)5-6-16(20)3/h5-14H,4H2,1-3H3,(H,23,25)(H,24,26). The Labute approximate surface area is 159 Å². The Morgan fingerprint density at radius 1 is 1.04 bits per heavy atom. The van der Waals surface area contributed by atoms with E-state index >= 15 is 0 Å². The van der Waals surface area contributed by atoms with Crippen molar-refractivity contribution in [2.75, 3.05) is 17.2 Å². The molecule has 2 N–H and O–H groups in total. The summed E-state index contributed by atoms with van der Waals surface area (Å²) in [6.45, 7) is 6.62. The number of hydrogen-bond donors (Lipinski definition) is 2. The fourth-order valence-corrected chi connectivity index (χ4v) is 2.65. The second-order valence-corrected chi connectivity index (χ2v) is 6.28. The Kier molecular flexibility index (Phi) is 5.71. The topological polar surface area (TPSA) is 63.2 Å². The molecule has 0 spiro atoms. The minimum Gasteiger partial charge on any atom is -0.494 e. The van der Waals surface area contributed by atoms with Gasteiger partial charge in [-0.05, 0) is 74.4 Å². The van der Waals surface area contributed by atoms with E-state index in [1.54, 1.807) is 18.3 Å². The van der Waals surface area contributed by atoms with Crippen molar-refractivity contribution in [2.45, 2.75) is 20.8 Å². The Morgan fingerprint density at radius 2 is 1.81 bits per heavy atom. The number of aromatic nitrogens is 1. The lowest BCUT2D eigenvalue weighted by atomic mass is 10.1. The van der Waals surface area contributed by atoms with Gasteiger partial charge in [0.1, 0.15) is 11.6 Å². The third-order valence-corrected chi connectivity index (χ3v) is 4.10. The third kappa shape index (κ3) is 4.85. The monoisotopic (exact) mass is 361 g/mol. The first kappa shape index (κ1) is 18.5. The van der Waals surface area contributed by atoms with E-state index in [0.717, 1.165) is 22.6 Å². The second-order valence-electron chi connectivity index (χ2n) is 6.28. The van der Waals surface area contributed by atoms with Gasteiger partial charge in [-0.15, -0.1) is 0 Å². The Balaban J connectivity index is 1.72. The molecule has 1 heterocycles. The molecular formula is C22H23N3O2. The van der Waals surface area contributed by atoms with E-state index < -0.39 is 0 Å². The molecule has 1 aromatic heterocycles. The molecule has 0 saturated carbocycles. The normalized spacial score (nSPS) is 10.3. The van der Waals surface area contributed by atoms with Crippen LogP contribution in [0.15, 0.2) is 60.8 Å². The summed E-state index contributed by atoms with van der Waals surface area (Å²) in [4.78, 5) is 16.9. The van der Waals surface area contributed by atoms with E-state index in [4.69, 9.17) is 4.74 Å². The molecule has 138 valence electrons. The van der Waals surface area contributed by atoms with E-state index in [1.165, 1.54) is 0 Å². The van der Waals surface area contributed by atoms with Crippen LogP contribution in [0.1, 0.15) is 28.4 Å². The minimum absolute atomic E-state index is 0.189. The number of aryl methyl sites for hydroxylation is 2. The summed E-state index contributed by atoms with van der Waals surface area (Å²) >= 11 is 0. The van der Waals surface area contributed by atoms with Crippen molar-refractivity contribution in [1.29, 1.82) is 0 Å². The molecule has 1 amide bonds. The molecule has 0 aliphatic carbocycles. The first-order chi connectivity index (χ1) is 13.0. The molecular weight excluding hydrogens is 338 g/mol. The smallest absolute Gasteiger partial charge is 0.255 e. The zero-order valence-corrected chi connectivity index (χ0v) is 15.7. The SMILES string of the molecule is CCOc1ccc(NC(=O)c2ccnc(Nc3cc(C)ccc3C)c2)cc1. The summed E-state index contributed by atoms with van der Waals surface area (Å²) in [5, 5.41) is 6.18. The van der Waals surface area contributed by atoms with Crippen LogP contribution in [0.4, 0.5) is 17.2 Å². The van der Waals surface area contributed by atoms with Crippen LogP contribution < -0.4 is 15.4 Å². The van der Waals surface area contributed by atoms with E-state index in [-0.39, 0.29) is 5.91 Å². The van der Waals surface area contributed by atoms with Gasteiger partial charge >= 0.3 is 0 Å². The molecule has 0 bridgehead atoms. The summed E-state index contributed by atoms with van der Waals surface area (Å²) in [5.74, 6) is 1.22. The predicted molar refractivity (Wildman–Crippen MR) is 109 cm³/mol. The summed E-state index contributed by atoms with van der Waals surface area (Å²) < 4.78 is 5.41. The fraction of sp³-hybridized carbons (Fsp3) is 0.182. The maximum absolute atomic E-state index is 12.6. The van der Waals surface area contributed by atoms with E-state index in [2.05, 4.69) is 33.8 Å². The number of benzene rings is 2. The van der Waals surface area contributed by atoms with Crippen LogP contribution >= 0.6 is 0 Å². The summed E-state index contributed by atoms with van der Waals surface area (Å²) in [5.41, 5.74) is 4.50. The predicted octanol–water partition coefficient (Wildman–Crippen LogP) is 5.09. The van der Waals surface area contributed by atoms with E-state index in [0.29, 0.717) is 23.7 Å². The van der Waals surface area contributed by atoms with Crippen molar-refractivity contribution in [1.82, 2.24) is 4.98 Å². The maximum atomic E-state index is 12.6. The van der Waals surface area contributed by atoms with Gasteiger partial charge in [0.25, 0.3) is 5.91 Å². The van der Waals surface area contributed by atoms with Gasteiger partial charge < -0.3 is 15.4 Å². The van der Waals surface area contributed by atoms with Gasteiger partial charge in [-0.1, -0.05) is 12.1 Å². The Hall–Kier alpha value is -3.34. The number of carbonyl (C=O) groups excluding carboxylic acids is 1. The number of ether oxygens (including phenoxy) is 1. The van der Waals surface area contributed by atoms with Gasteiger partial charge in [0.15, 0.2) is 0 Å². The fourth-order valence-electron chi connectivity index (χ4n) is 2.65. The maximum Gasteiger partial charge on any atom is 0.255 e. The molecule has 0 atom stereocenters. The van der Waals surface area contributed by atoms with Crippen LogP contribution in [-0.2, 0) is 0 Å². The van der Waals surface area contributed by atoms with Gasteiger partial charge in [0, 0.05) is 23.1 Å². The molecule has 5 heteroatoms. The van der Waals surface area contributed by atoms with Gasteiger partial charge in [-0.25, -0.2) is 4.98 Å². The highest BCUT2D eigenvalue weighted by Gasteiger charge is 2.09. The number of nitrogens with zero attached hydrogens (tertiary/aromatic N) is 1. The summed E-state index contributed by atoms with van der Waals surface area (Å²) in [6.07, 6.45) is 1.63. The molecule has 5 nitrogen and oxygen atoms in total. The van der Waals surface area contributed by atoms with Crippen LogP contribution in [-0.4, -0.2) is 17.5 Å². The molecule has 27 heavy (non-hydrogen) atoms. The molecule has 3 rings (SSSR count). The lowest BCUT2D eigenvalue weighted by Crippen LogP contribution is -2.12. The lowest BCUT2D eigenvalue weighted by Gasteiger charge is -2.11. The number of carbonyl (C=O) groups is 1. The van der Waals surface area contributed by atoms with Crippen LogP contribution in [0.25, 0.3) is 0 Å². The van der Waals surface area contributed by atoms with Gasteiger partial charge in [0.05, 0.1) is 6.61 Å². The number of pyridine rings is 1. The van der Waals surface area contributed by atoms with E-state index in [1.807, 2.05) is 45.0 Å². The van der Waals surface area contributed by atoms with Crippen LogP contribution in [0, 0.1) is 13.8 Å². The number of anilines is 3. The van der Waals surface area contributed by atoms with Crippen molar-refractivity contribution in [3.8, 4) is 5.75 Å². The molecule has 0 unspecified atom stereocenters. The van der Waals surface area contributed by atoms with Crippen molar-refractivity contribution in [2.24, 2.45) is 0 Å². The number of rotatable bonds is 6. The van der Waals surface area contributed by atoms with E-state index in [9.17, 15) is 4.79 Å². The van der Waals surface area contributed by atoms with Gasteiger partial charge in [0.2, 0.25) is 0 Å². The average Bonchev–Trinajstić information content (AvgIpc) is 2.67. The number of nitrogens with one attached hydrogen (secondary N) is 2. The highest BCUT2D eigenvalue weighted by atomic mass is 16.5. The molecule has 0 aliphatic rings. The van der Waals surface area contributed by atoms with Gasteiger partial charge in [-0.2, -0.15) is 0 Å². The lowest BCUT2D eigenvalue weighted by molar-refractivity contribution is 0.102. The molecule has 0 saturated heterocycles. The van der Waals surface area contributed by atoms with Crippen LogP contribution in [0.3, 0.4) is 0 Å². The molecule has 2 aromatic carbocycles. The zero-order valence-electron chi connectivity index (χ0n) is 15.7. The molecule has 3 aromatic rings. The summed E-state index contributed by atoms with van der Waals surface area (Å²) in [7, 11) is 0. The first-order valence-electron chi connectivity index (χ1n) is 8.89. The summed E-state index contributed by atoms with van der Waals surface area (Å²) in [6, 6.07) is 16.9. The van der Waals surface area contributed by atoms with Crippen LogP contribution in [0.5, 0.6) is 5.75 Å². The Bertz CT molecular complexity index is 937. The third-order valence-electron chi connectivity index (χ3n) is 4.10. The van der Waals surface area contributed by atoms with Crippen molar-refractivity contribution in [3.05, 3.63) is 77.5 Å². The molecule has 0 radical (unpaired) electrons. The highest BCUT2D eigenvalue weighted by molar-refractivity contribution is 6.04. The average molecular weight is 361 g/mol. The number of amides is 1.